The Morgan fingerprint density at radius 3 is 2.14 bits per heavy atom. The molecule has 1 aliphatic rings. The van der Waals surface area contributed by atoms with Gasteiger partial charge in [-0.1, -0.05) is 39.0 Å². The molecule has 0 aromatic rings. The lowest BCUT2D eigenvalue weighted by Crippen LogP contribution is -2.26. The summed E-state index contributed by atoms with van der Waals surface area (Å²) in [5.41, 5.74) is 0. The maximum atomic E-state index is 2.52. The molecule has 84 valence electrons. The average Bonchev–Trinajstić information content (AvgIpc) is 2.10. The second-order valence-electron chi connectivity index (χ2n) is 4.97. The molecule has 0 heterocycles. The second kappa shape index (κ2) is 7.28. The summed E-state index contributed by atoms with van der Waals surface area (Å²) in [4.78, 5) is 2.52. The number of hydrogen-bond acceptors (Lipinski definition) is 1. The lowest BCUT2D eigenvalue weighted by Gasteiger charge is -2.25. The highest BCUT2D eigenvalue weighted by molar-refractivity contribution is 4.66. The fourth-order valence-corrected chi connectivity index (χ4v) is 2.64. The van der Waals surface area contributed by atoms with Crippen molar-refractivity contribution in [3.05, 3.63) is 0 Å². The van der Waals surface area contributed by atoms with Gasteiger partial charge < -0.3 is 4.90 Å². The summed E-state index contributed by atoms with van der Waals surface area (Å²) in [6.07, 6.45) is 11.7. The smallest absolute Gasteiger partial charge is 0.000660 e. The minimum atomic E-state index is 0.992. The fourth-order valence-electron chi connectivity index (χ4n) is 2.64. The Labute approximate surface area is 89.9 Å². The molecule has 1 nitrogen and oxygen atoms in total. The van der Waals surface area contributed by atoms with E-state index in [2.05, 4.69) is 18.9 Å². The predicted molar refractivity (Wildman–Crippen MR) is 63.6 cm³/mol. The average molecular weight is 197 g/mol. The van der Waals surface area contributed by atoms with Crippen LogP contribution in [0.15, 0.2) is 0 Å². The first-order chi connectivity index (χ1) is 6.83. The fraction of sp³-hybridized carbons (Fsp3) is 1.00. The minimum Gasteiger partial charge on any atom is -0.306 e. The van der Waals surface area contributed by atoms with E-state index in [1.165, 1.54) is 64.5 Å². The maximum absolute atomic E-state index is 2.52. The molecule has 1 aliphatic carbocycles. The van der Waals surface area contributed by atoms with Crippen LogP contribution >= 0.6 is 0 Å². The van der Waals surface area contributed by atoms with Crippen molar-refractivity contribution in [3.8, 4) is 0 Å². The summed E-state index contributed by atoms with van der Waals surface area (Å²) in [6.45, 7) is 4.89. The molecule has 0 aromatic carbocycles. The van der Waals surface area contributed by atoms with Crippen molar-refractivity contribution in [2.45, 2.75) is 58.3 Å². The molecule has 0 amide bonds. The SMILES string of the molecule is CCCN(C)CC1CCCCCCC1. The van der Waals surface area contributed by atoms with Crippen molar-refractivity contribution < 1.29 is 0 Å². The summed E-state index contributed by atoms with van der Waals surface area (Å²) in [5, 5.41) is 0. The summed E-state index contributed by atoms with van der Waals surface area (Å²) < 4.78 is 0. The lowest BCUT2D eigenvalue weighted by molar-refractivity contribution is 0.244. The van der Waals surface area contributed by atoms with Gasteiger partial charge in [-0.25, -0.2) is 0 Å². The molecule has 0 spiro atoms. The quantitative estimate of drug-likeness (QED) is 0.664. The van der Waals surface area contributed by atoms with Gasteiger partial charge in [0.1, 0.15) is 0 Å². The first-order valence-electron chi connectivity index (χ1n) is 6.51. The van der Waals surface area contributed by atoms with Crippen molar-refractivity contribution in [2.75, 3.05) is 20.1 Å². The van der Waals surface area contributed by atoms with E-state index < -0.39 is 0 Å². The number of hydrogen-bond donors (Lipinski definition) is 0. The third-order valence-corrected chi connectivity index (χ3v) is 3.40. The summed E-state index contributed by atoms with van der Waals surface area (Å²) in [7, 11) is 2.28. The first-order valence-corrected chi connectivity index (χ1v) is 6.51. The number of nitrogens with zero attached hydrogens (tertiary/aromatic N) is 1. The van der Waals surface area contributed by atoms with Crippen molar-refractivity contribution in [1.82, 2.24) is 4.90 Å². The van der Waals surface area contributed by atoms with Crippen LogP contribution in [0.1, 0.15) is 58.3 Å². The van der Waals surface area contributed by atoms with Crippen LogP contribution in [-0.2, 0) is 0 Å². The maximum Gasteiger partial charge on any atom is 0.000660 e. The van der Waals surface area contributed by atoms with Crippen LogP contribution in [0, 0.1) is 5.92 Å². The molecule has 1 fully saturated rings. The van der Waals surface area contributed by atoms with Crippen molar-refractivity contribution >= 4 is 0 Å². The van der Waals surface area contributed by atoms with Gasteiger partial charge >= 0.3 is 0 Å². The van der Waals surface area contributed by atoms with E-state index in [9.17, 15) is 0 Å². The Morgan fingerprint density at radius 2 is 1.57 bits per heavy atom. The van der Waals surface area contributed by atoms with Gasteiger partial charge in [-0.2, -0.15) is 0 Å². The Balaban J connectivity index is 2.19. The largest absolute Gasteiger partial charge is 0.306 e. The molecule has 1 heteroatoms. The highest BCUT2D eigenvalue weighted by Gasteiger charge is 2.12. The Kier molecular flexibility index (Phi) is 6.25. The highest BCUT2D eigenvalue weighted by atomic mass is 15.1. The lowest BCUT2D eigenvalue weighted by atomic mass is 9.91. The molecular formula is C13H27N. The van der Waals surface area contributed by atoms with Gasteiger partial charge in [0.2, 0.25) is 0 Å². The van der Waals surface area contributed by atoms with Crippen LogP contribution in [0.4, 0.5) is 0 Å². The van der Waals surface area contributed by atoms with Gasteiger partial charge in [-0.15, -0.1) is 0 Å². The van der Waals surface area contributed by atoms with Gasteiger partial charge in [-0.3, -0.25) is 0 Å². The molecule has 14 heavy (non-hydrogen) atoms. The molecular weight excluding hydrogens is 170 g/mol. The zero-order chi connectivity index (χ0) is 10.2. The molecule has 1 rings (SSSR count). The van der Waals surface area contributed by atoms with E-state index >= 15 is 0 Å². The molecule has 0 unspecified atom stereocenters. The monoisotopic (exact) mass is 197 g/mol. The molecule has 0 radical (unpaired) electrons. The van der Waals surface area contributed by atoms with Crippen LogP contribution in [0.3, 0.4) is 0 Å². The van der Waals surface area contributed by atoms with E-state index in [0.717, 1.165) is 5.92 Å². The Morgan fingerprint density at radius 1 is 1.00 bits per heavy atom. The van der Waals surface area contributed by atoms with Crippen LogP contribution < -0.4 is 0 Å². The van der Waals surface area contributed by atoms with Gasteiger partial charge in [0.05, 0.1) is 0 Å². The molecule has 0 aliphatic heterocycles. The highest BCUT2D eigenvalue weighted by Crippen LogP contribution is 2.22. The zero-order valence-corrected chi connectivity index (χ0v) is 10.1. The summed E-state index contributed by atoms with van der Waals surface area (Å²) >= 11 is 0. The third-order valence-electron chi connectivity index (χ3n) is 3.40. The normalized spacial score (nSPS) is 20.8. The molecule has 1 saturated carbocycles. The van der Waals surface area contributed by atoms with Crippen molar-refractivity contribution in [2.24, 2.45) is 5.92 Å². The zero-order valence-electron chi connectivity index (χ0n) is 10.1. The first kappa shape index (κ1) is 12.0. The van der Waals surface area contributed by atoms with Crippen molar-refractivity contribution in [3.63, 3.8) is 0 Å². The molecule has 0 saturated heterocycles. The van der Waals surface area contributed by atoms with E-state index in [4.69, 9.17) is 0 Å². The minimum absolute atomic E-state index is 0.992. The Hall–Kier alpha value is -0.0400. The topological polar surface area (TPSA) is 3.24 Å². The van der Waals surface area contributed by atoms with E-state index in [0.29, 0.717) is 0 Å². The second-order valence-corrected chi connectivity index (χ2v) is 4.97. The van der Waals surface area contributed by atoms with Crippen LogP contribution in [-0.4, -0.2) is 25.0 Å². The van der Waals surface area contributed by atoms with Crippen LogP contribution in [0.2, 0.25) is 0 Å². The van der Waals surface area contributed by atoms with E-state index in [1.807, 2.05) is 0 Å². The number of rotatable bonds is 4. The summed E-state index contributed by atoms with van der Waals surface area (Å²) in [5.74, 6) is 0.992. The third kappa shape index (κ3) is 4.99. The van der Waals surface area contributed by atoms with Crippen LogP contribution in [0.25, 0.3) is 0 Å². The van der Waals surface area contributed by atoms with E-state index in [1.54, 1.807) is 0 Å². The van der Waals surface area contributed by atoms with Gasteiger partial charge in [-0.05, 0) is 38.8 Å². The molecule has 0 bridgehead atoms. The molecule has 0 aromatic heterocycles. The predicted octanol–water partition coefficient (Wildman–Crippen LogP) is 3.69. The molecule has 0 atom stereocenters. The summed E-state index contributed by atoms with van der Waals surface area (Å²) in [6, 6.07) is 0. The Bertz CT molecular complexity index is 125. The standard InChI is InChI=1S/C13H27N/c1-3-11-14(2)12-13-9-7-5-4-6-8-10-13/h13H,3-12H2,1-2H3. The molecule has 0 N–H and O–H groups in total. The van der Waals surface area contributed by atoms with Gasteiger partial charge in [0.25, 0.3) is 0 Å². The van der Waals surface area contributed by atoms with Crippen LogP contribution in [0.5, 0.6) is 0 Å². The van der Waals surface area contributed by atoms with Gasteiger partial charge in [0.15, 0.2) is 0 Å². The van der Waals surface area contributed by atoms with Crippen molar-refractivity contribution in [1.29, 1.82) is 0 Å². The van der Waals surface area contributed by atoms with Gasteiger partial charge in [0, 0.05) is 6.54 Å². The van der Waals surface area contributed by atoms with E-state index in [-0.39, 0.29) is 0 Å².